The maximum atomic E-state index is 9.72. The average molecular weight is 296 g/mol. The standard InChI is InChI=1S/C10H14N2.C4H6O5/c1-12-7-3-5-10(12)9-4-2-6-11-8-9;5-2(4(8)9)1-3(6)7/h2,4,6,8,10H,3,5,7H2,1H3;2,5H,1H2,(H,6,7)(H,8,9)/t;2-/m.1/s1. The van der Waals surface area contributed by atoms with Crippen LogP contribution in [0.4, 0.5) is 0 Å². The van der Waals surface area contributed by atoms with Gasteiger partial charge in [-0.2, -0.15) is 0 Å². The minimum atomic E-state index is -1.79. The van der Waals surface area contributed by atoms with E-state index in [1.165, 1.54) is 24.9 Å². The number of nitrogens with zero attached hydrogens (tertiary/aromatic N) is 2. The molecule has 0 amide bonds. The monoisotopic (exact) mass is 296 g/mol. The Balaban J connectivity index is 0.000000222. The Hall–Kier alpha value is -1.99. The van der Waals surface area contributed by atoms with Crippen molar-refractivity contribution < 1.29 is 24.9 Å². The highest BCUT2D eigenvalue weighted by molar-refractivity contribution is 5.79. The van der Waals surface area contributed by atoms with Crippen LogP contribution in [0.2, 0.25) is 0 Å². The van der Waals surface area contributed by atoms with Gasteiger partial charge in [-0.3, -0.25) is 14.7 Å². The predicted octanol–water partition coefficient (Wildman–Crippen LogP) is 0.755. The molecule has 0 saturated carbocycles. The summed E-state index contributed by atoms with van der Waals surface area (Å²) in [5.41, 5.74) is 1.36. The molecule has 1 aliphatic rings. The number of aliphatic hydroxyl groups excluding tert-OH is 1. The highest BCUT2D eigenvalue weighted by Gasteiger charge is 2.22. The molecule has 1 aromatic heterocycles. The number of rotatable bonds is 4. The van der Waals surface area contributed by atoms with Crippen molar-refractivity contribution in [1.82, 2.24) is 9.88 Å². The summed E-state index contributed by atoms with van der Waals surface area (Å²) in [6, 6.07) is 4.79. The van der Waals surface area contributed by atoms with Crippen molar-refractivity contribution in [2.75, 3.05) is 13.6 Å². The summed E-state index contributed by atoms with van der Waals surface area (Å²) in [7, 11) is 2.19. The number of carboxylic acid groups (broad SMARTS) is 2. The van der Waals surface area contributed by atoms with E-state index in [9.17, 15) is 9.59 Å². The average Bonchev–Trinajstić information content (AvgIpc) is 2.86. The van der Waals surface area contributed by atoms with Gasteiger partial charge >= 0.3 is 11.9 Å². The SMILES string of the molecule is CN1CCCC1c1cccnc1.O=C(O)C[C@@H](O)C(=O)O. The molecule has 1 unspecified atom stereocenters. The molecule has 0 aromatic carbocycles. The van der Waals surface area contributed by atoms with Gasteiger partial charge in [-0.25, -0.2) is 4.79 Å². The van der Waals surface area contributed by atoms with Crippen LogP contribution >= 0.6 is 0 Å². The van der Waals surface area contributed by atoms with Crippen molar-refractivity contribution in [2.24, 2.45) is 0 Å². The van der Waals surface area contributed by atoms with E-state index in [0.717, 1.165) is 0 Å². The van der Waals surface area contributed by atoms with Crippen LogP contribution in [0.1, 0.15) is 30.9 Å². The second-order valence-electron chi connectivity index (χ2n) is 4.88. The Morgan fingerprint density at radius 1 is 1.48 bits per heavy atom. The Kier molecular flexibility index (Phi) is 6.77. The molecule has 7 heteroatoms. The third kappa shape index (κ3) is 5.88. The zero-order valence-corrected chi connectivity index (χ0v) is 11.8. The van der Waals surface area contributed by atoms with Crippen molar-refractivity contribution in [1.29, 1.82) is 0 Å². The van der Waals surface area contributed by atoms with Crippen LogP contribution in [0.25, 0.3) is 0 Å². The van der Waals surface area contributed by atoms with Crippen LogP contribution in [0.5, 0.6) is 0 Å². The molecule has 0 aliphatic carbocycles. The highest BCUT2D eigenvalue weighted by Crippen LogP contribution is 2.29. The lowest BCUT2D eigenvalue weighted by Crippen LogP contribution is -2.22. The molecule has 0 bridgehead atoms. The van der Waals surface area contributed by atoms with E-state index in [-0.39, 0.29) is 0 Å². The fourth-order valence-electron chi connectivity index (χ4n) is 2.16. The Morgan fingerprint density at radius 3 is 2.57 bits per heavy atom. The van der Waals surface area contributed by atoms with Crippen molar-refractivity contribution in [2.45, 2.75) is 31.4 Å². The molecule has 116 valence electrons. The van der Waals surface area contributed by atoms with E-state index in [2.05, 4.69) is 23.0 Å². The number of likely N-dealkylation sites (tertiary alicyclic amines) is 1. The smallest absolute Gasteiger partial charge is 0.333 e. The number of aliphatic hydroxyl groups is 1. The molecule has 21 heavy (non-hydrogen) atoms. The van der Waals surface area contributed by atoms with E-state index in [0.29, 0.717) is 6.04 Å². The second-order valence-corrected chi connectivity index (χ2v) is 4.88. The van der Waals surface area contributed by atoms with Gasteiger partial charge in [0.2, 0.25) is 0 Å². The van der Waals surface area contributed by atoms with Crippen LogP contribution in [0.15, 0.2) is 24.5 Å². The number of carbonyl (C=O) groups is 2. The lowest BCUT2D eigenvalue weighted by Gasteiger charge is -2.18. The van der Waals surface area contributed by atoms with Crippen molar-refractivity contribution >= 4 is 11.9 Å². The van der Waals surface area contributed by atoms with Crippen molar-refractivity contribution in [3.63, 3.8) is 0 Å². The summed E-state index contributed by atoms with van der Waals surface area (Å²) >= 11 is 0. The van der Waals surface area contributed by atoms with Gasteiger partial charge in [0.05, 0.1) is 6.42 Å². The van der Waals surface area contributed by atoms with Gasteiger partial charge in [0.15, 0.2) is 6.10 Å². The molecular weight excluding hydrogens is 276 g/mol. The molecule has 0 radical (unpaired) electrons. The molecule has 1 fully saturated rings. The summed E-state index contributed by atoms with van der Waals surface area (Å²) in [5, 5.41) is 24.1. The van der Waals surface area contributed by atoms with Gasteiger partial charge in [0, 0.05) is 18.4 Å². The van der Waals surface area contributed by atoms with Crippen LogP contribution in [-0.2, 0) is 9.59 Å². The molecule has 3 N–H and O–H groups in total. The van der Waals surface area contributed by atoms with Gasteiger partial charge in [-0.15, -0.1) is 0 Å². The zero-order chi connectivity index (χ0) is 15.8. The van der Waals surface area contributed by atoms with E-state index in [1.54, 1.807) is 0 Å². The van der Waals surface area contributed by atoms with Crippen LogP contribution in [-0.4, -0.2) is 56.8 Å². The van der Waals surface area contributed by atoms with E-state index in [1.807, 2.05) is 18.5 Å². The Morgan fingerprint density at radius 2 is 2.19 bits per heavy atom. The first-order valence-corrected chi connectivity index (χ1v) is 6.64. The fourth-order valence-corrected chi connectivity index (χ4v) is 2.16. The first-order valence-electron chi connectivity index (χ1n) is 6.64. The minimum Gasteiger partial charge on any atom is -0.481 e. The largest absolute Gasteiger partial charge is 0.481 e. The number of carboxylic acids is 2. The topological polar surface area (TPSA) is 111 Å². The molecule has 0 spiro atoms. The molecule has 1 aromatic rings. The maximum Gasteiger partial charge on any atom is 0.333 e. The normalized spacial score (nSPS) is 19.4. The quantitative estimate of drug-likeness (QED) is 0.752. The Bertz CT molecular complexity index is 466. The Labute approximate surface area is 122 Å². The van der Waals surface area contributed by atoms with E-state index in [4.69, 9.17) is 15.3 Å². The fraction of sp³-hybridized carbons (Fsp3) is 0.500. The molecule has 1 saturated heterocycles. The lowest BCUT2D eigenvalue weighted by atomic mass is 10.1. The molecule has 7 nitrogen and oxygen atoms in total. The number of aliphatic carboxylic acids is 2. The van der Waals surface area contributed by atoms with Gasteiger partial charge in [0.1, 0.15) is 0 Å². The van der Waals surface area contributed by atoms with Gasteiger partial charge in [-0.05, 0) is 38.1 Å². The summed E-state index contributed by atoms with van der Waals surface area (Å²) in [6.07, 6.45) is 3.86. The van der Waals surface area contributed by atoms with Crippen LogP contribution < -0.4 is 0 Å². The first kappa shape index (κ1) is 17.1. The summed E-state index contributed by atoms with van der Waals surface area (Å²) in [5.74, 6) is -2.85. The van der Waals surface area contributed by atoms with Crippen LogP contribution in [0.3, 0.4) is 0 Å². The summed E-state index contributed by atoms with van der Waals surface area (Å²) < 4.78 is 0. The predicted molar refractivity (Wildman–Crippen MR) is 74.7 cm³/mol. The first-order chi connectivity index (χ1) is 9.91. The number of pyridine rings is 1. The second kappa shape index (κ2) is 8.33. The molecule has 2 atom stereocenters. The van der Waals surface area contributed by atoms with E-state index < -0.39 is 24.5 Å². The van der Waals surface area contributed by atoms with Crippen LogP contribution in [0, 0.1) is 0 Å². The third-order valence-electron chi connectivity index (χ3n) is 3.24. The van der Waals surface area contributed by atoms with Gasteiger partial charge < -0.3 is 15.3 Å². The number of hydrogen-bond donors (Lipinski definition) is 3. The summed E-state index contributed by atoms with van der Waals surface area (Å²) in [4.78, 5) is 25.9. The summed E-state index contributed by atoms with van der Waals surface area (Å²) in [6.45, 7) is 1.22. The van der Waals surface area contributed by atoms with Crippen molar-refractivity contribution in [3.8, 4) is 0 Å². The van der Waals surface area contributed by atoms with Gasteiger partial charge in [0.25, 0.3) is 0 Å². The maximum absolute atomic E-state index is 9.72. The molecule has 2 heterocycles. The number of hydrogen-bond acceptors (Lipinski definition) is 5. The van der Waals surface area contributed by atoms with Gasteiger partial charge in [-0.1, -0.05) is 6.07 Å². The van der Waals surface area contributed by atoms with E-state index >= 15 is 0 Å². The molecule has 1 aliphatic heterocycles. The lowest BCUT2D eigenvalue weighted by molar-refractivity contribution is -0.152. The molecular formula is C14H20N2O5. The highest BCUT2D eigenvalue weighted by atomic mass is 16.4. The minimum absolute atomic E-state index is 0.610. The third-order valence-corrected chi connectivity index (χ3v) is 3.24. The zero-order valence-electron chi connectivity index (χ0n) is 11.8. The molecule has 2 rings (SSSR count). The number of aromatic nitrogens is 1. The van der Waals surface area contributed by atoms with Crippen molar-refractivity contribution in [3.05, 3.63) is 30.1 Å².